The van der Waals surface area contributed by atoms with Crippen molar-refractivity contribution in [1.29, 1.82) is 0 Å². The maximum Gasteiger partial charge on any atom is 0.0824 e. The molecular weight excluding hydrogens is 148 g/mol. The average molecular weight is 172 g/mol. The van der Waals surface area contributed by atoms with Gasteiger partial charge in [0, 0.05) is 0 Å². The third kappa shape index (κ3) is 122. The van der Waals surface area contributed by atoms with Crippen molar-refractivity contribution in [3.63, 3.8) is 0 Å². The second-order valence-electron chi connectivity index (χ2n) is 2.53. The van der Waals surface area contributed by atoms with E-state index in [9.17, 15) is 0 Å². The van der Waals surface area contributed by atoms with Crippen LogP contribution in [0, 0.1) is 5.92 Å². The number of rotatable bonds is 2. The number of hydrogen-bond acceptors (Lipinski definition) is 1. The highest BCUT2D eigenvalue weighted by Gasteiger charge is 1.68. The van der Waals surface area contributed by atoms with Gasteiger partial charge in [-0.3, -0.25) is 0 Å². The van der Waals surface area contributed by atoms with E-state index in [2.05, 4.69) is 32.1 Å². The first-order chi connectivity index (χ1) is 5.65. The van der Waals surface area contributed by atoms with E-state index in [-0.39, 0.29) is 0 Å². The highest BCUT2D eigenvalue weighted by Crippen LogP contribution is 1.81. The monoisotopic (exact) mass is 172 g/mol. The van der Waals surface area contributed by atoms with Crippen LogP contribution in [0.5, 0.6) is 0 Å². The zero-order valence-electron chi connectivity index (χ0n) is 9.42. The first kappa shape index (κ1) is 17.4. The van der Waals surface area contributed by atoms with Crippen molar-refractivity contribution in [2.45, 2.75) is 34.6 Å². The van der Waals surface area contributed by atoms with Gasteiger partial charge in [0.15, 0.2) is 0 Å². The fraction of sp³-hybridized carbons (Fsp3) is 0.636. The lowest BCUT2D eigenvalue weighted by Gasteiger charge is -1.79. The van der Waals surface area contributed by atoms with Crippen LogP contribution in [0.4, 0.5) is 0 Å². The predicted octanol–water partition coefficient (Wildman–Crippen LogP) is 4.02. The van der Waals surface area contributed by atoms with E-state index in [1.165, 1.54) is 0 Å². The van der Waals surface area contributed by atoms with Gasteiger partial charge in [0.2, 0.25) is 0 Å². The van der Waals surface area contributed by atoms with Gasteiger partial charge >= 0.3 is 0 Å². The van der Waals surface area contributed by atoms with E-state index in [1.807, 2.05) is 13.8 Å². The predicted molar refractivity (Wildman–Crippen MR) is 58.2 cm³/mol. The molecule has 0 aliphatic rings. The molecule has 0 radical (unpaired) electrons. The van der Waals surface area contributed by atoms with Crippen LogP contribution in [0.2, 0.25) is 0 Å². The Bertz CT molecular complexity index is 80.3. The molecule has 0 heterocycles. The summed E-state index contributed by atoms with van der Waals surface area (Å²) in [5.74, 6) is 0.833. The van der Waals surface area contributed by atoms with E-state index in [1.54, 1.807) is 25.5 Å². The lowest BCUT2D eigenvalue weighted by atomic mass is 10.3. The first-order valence-electron chi connectivity index (χ1n) is 4.45. The summed E-state index contributed by atoms with van der Waals surface area (Å²) >= 11 is 0. The molecule has 0 aromatic rings. The largest absolute Gasteiger partial charge is 0.504 e. The van der Waals surface area contributed by atoms with Crippen LogP contribution >= 0.6 is 0 Å². The van der Waals surface area contributed by atoms with E-state index < -0.39 is 0 Å². The molecule has 74 valence electrons. The van der Waals surface area contributed by atoms with Crippen molar-refractivity contribution in [3.05, 3.63) is 25.0 Å². The summed E-state index contributed by atoms with van der Waals surface area (Å²) in [7, 11) is 1.60. The molecule has 0 bridgehead atoms. The third-order valence-electron chi connectivity index (χ3n) is 0.351. The van der Waals surface area contributed by atoms with E-state index >= 15 is 0 Å². The SMILES string of the molecule is C=C/C=C\OC.CC.CC(C)C. The smallest absolute Gasteiger partial charge is 0.0824 e. The molecule has 0 spiro atoms. The minimum Gasteiger partial charge on any atom is -0.504 e. The van der Waals surface area contributed by atoms with Crippen molar-refractivity contribution in [2.24, 2.45) is 5.92 Å². The van der Waals surface area contributed by atoms with E-state index in [0.717, 1.165) is 5.92 Å². The van der Waals surface area contributed by atoms with Crippen LogP contribution < -0.4 is 0 Å². The highest BCUT2D eigenvalue weighted by atomic mass is 16.5. The minimum absolute atomic E-state index is 0.833. The Kier molecular flexibility index (Phi) is 32.5. The quantitative estimate of drug-likeness (QED) is 0.451. The van der Waals surface area contributed by atoms with Crippen molar-refractivity contribution in [3.8, 4) is 0 Å². The maximum absolute atomic E-state index is 4.53. The molecule has 0 saturated heterocycles. The molecule has 0 fully saturated rings. The van der Waals surface area contributed by atoms with Crippen molar-refractivity contribution >= 4 is 0 Å². The summed E-state index contributed by atoms with van der Waals surface area (Å²) in [4.78, 5) is 0. The van der Waals surface area contributed by atoms with Crippen LogP contribution in [0.1, 0.15) is 34.6 Å². The normalized spacial score (nSPS) is 7.92. The summed E-state index contributed by atoms with van der Waals surface area (Å²) in [5, 5.41) is 0. The third-order valence-corrected chi connectivity index (χ3v) is 0.351. The van der Waals surface area contributed by atoms with Gasteiger partial charge in [-0.05, 0) is 12.0 Å². The molecular formula is C11H24O. The van der Waals surface area contributed by atoms with Crippen LogP contribution in [0.15, 0.2) is 25.0 Å². The van der Waals surface area contributed by atoms with Crippen LogP contribution in [-0.4, -0.2) is 7.11 Å². The zero-order chi connectivity index (χ0) is 10.4. The fourth-order valence-electron chi connectivity index (χ4n) is 0.134. The molecule has 0 aliphatic heterocycles. The van der Waals surface area contributed by atoms with Gasteiger partial charge in [-0.2, -0.15) is 0 Å². The lowest BCUT2D eigenvalue weighted by molar-refractivity contribution is 0.338. The first-order valence-corrected chi connectivity index (χ1v) is 4.45. The summed E-state index contributed by atoms with van der Waals surface area (Å²) < 4.78 is 4.53. The molecule has 0 amide bonds. The van der Waals surface area contributed by atoms with Gasteiger partial charge in [0.1, 0.15) is 0 Å². The molecule has 0 aromatic carbocycles. The van der Waals surface area contributed by atoms with Gasteiger partial charge in [0.05, 0.1) is 13.4 Å². The van der Waals surface area contributed by atoms with Gasteiger partial charge < -0.3 is 4.74 Å². The van der Waals surface area contributed by atoms with Crippen LogP contribution in [-0.2, 0) is 4.74 Å². The highest BCUT2D eigenvalue weighted by molar-refractivity contribution is 4.92. The van der Waals surface area contributed by atoms with Crippen molar-refractivity contribution in [1.82, 2.24) is 0 Å². The number of methoxy groups -OCH3 is 1. The summed E-state index contributed by atoms with van der Waals surface area (Å²) in [6.45, 7) is 13.9. The van der Waals surface area contributed by atoms with Gasteiger partial charge in [-0.15, -0.1) is 0 Å². The molecule has 12 heavy (non-hydrogen) atoms. The number of hydrogen-bond donors (Lipinski definition) is 0. The zero-order valence-corrected chi connectivity index (χ0v) is 9.42. The molecule has 0 unspecified atom stereocenters. The Morgan fingerprint density at radius 1 is 1.17 bits per heavy atom. The van der Waals surface area contributed by atoms with Crippen LogP contribution in [0.25, 0.3) is 0 Å². The van der Waals surface area contributed by atoms with Crippen molar-refractivity contribution < 1.29 is 4.74 Å². The minimum atomic E-state index is 0.833. The molecule has 1 heteroatoms. The molecule has 0 N–H and O–H groups in total. The summed E-state index contributed by atoms with van der Waals surface area (Å²) in [6.07, 6.45) is 4.94. The molecule has 0 atom stereocenters. The van der Waals surface area contributed by atoms with E-state index in [0.29, 0.717) is 0 Å². The Labute approximate surface area is 78.1 Å². The number of allylic oxidation sites excluding steroid dienone is 2. The maximum atomic E-state index is 4.53. The van der Waals surface area contributed by atoms with Crippen molar-refractivity contribution in [2.75, 3.05) is 7.11 Å². The Hall–Kier alpha value is -0.720. The lowest BCUT2D eigenvalue weighted by Crippen LogP contribution is -1.66. The molecule has 0 rings (SSSR count). The Morgan fingerprint density at radius 2 is 1.50 bits per heavy atom. The number of ether oxygens (including phenoxy) is 1. The topological polar surface area (TPSA) is 9.23 Å². The Morgan fingerprint density at radius 3 is 1.58 bits per heavy atom. The average Bonchev–Trinajstić information content (AvgIpc) is 2.04. The summed E-state index contributed by atoms with van der Waals surface area (Å²) in [6, 6.07) is 0. The van der Waals surface area contributed by atoms with Gasteiger partial charge in [-0.25, -0.2) is 0 Å². The molecule has 1 nitrogen and oxygen atoms in total. The standard InChI is InChI=1S/C5H8O.C4H10.C2H6/c1-3-4-5-6-2;1-4(2)3;1-2/h3-5H,1H2,2H3;4H,1-3H3;1-2H3/b5-4-;;. The fourth-order valence-corrected chi connectivity index (χ4v) is 0.134. The van der Waals surface area contributed by atoms with Crippen LogP contribution in [0.3, 0.4) is 0 Å². The molecule has 0 aliphatic carbocycles. The second-order valence-corrected chi connectivity index (χ2v) is 2.53. The van der Waals surface area contributed by atoms with Gasteiger partial charge in [0.25, 0.3) is 0 Å². The Balaban J connectivity index is -0.000000118. The summed E-state index contributed by atoms with van der Waals surface area (Å²) in [5.41, 5.74) is 0. The van der Waals surface area contributed by atoms with Gasteiger partial charge in [-0.1, -0.05) is 47.3 Å². The second kappa shape index (κ2) is 22.4. The molecule has 0 aromatic heterocycles. The van der Waals surface area contributed by atoms with E-state index in [4.69, 9.17) is 0 Å². The molecule has 0 saturated carbocycles.